The average Bonchev–Trinajstić information content (AvgIpc) is 2.79. The van der Waals surface area contributed by atoms with Gasteiger partial charge in [0.1, 0.15) is 0 Å². The normalized spacial score (nSPS) is 11.6. The lowest BCUT2D eigenvalue weighted by atomic mass is 9.98. The lowest BCUT2D eigenvalue weighted by Crippen LogP contribution is -2.25. The highest BCUT2D eigenvalue weighted by Gasteiger charge is 2.19. The van der Waals surface area contributed by atoms with Gasteiger partial charge in [0.25, 0.3) is 5.91 Å². The first-order chi connectivity index (χ1) is 15.6. The van der Waals surface area contributed by atoms with Gasteiger partial charge in [-0.05, 0) is 80.5 Å². The molecule has 7 heteroatoms. The van der Waals surface area contributed by atoms with Crippen LogP contribution in [-0.4, -0.2) is 40.4 Å². The smallest absolute Gasteiger partial charge is 0.251 e. The van der Waals surface area contributed by atoms with Gasteiger partial charge in [-0.3, -0.25) is 4.79 Å². The van der Waals surface area contributed by atoms with E-state index in [1.54, 1.807) is 19.9 Å². The molecule has 0 bridgehead atoms. The second-order valence-corrected chi connectivity index (χ2v) is 10.3. The molecule has 0 fully saturated rings. The number of nitrogens with zero attached hydrogens (tertiary/aromatic N) is 1. The summed E-state index contributed by atoms with van der Waals surface area (Å²) in [4.78, 5) is 15.2. The summed E-state index contributed by atoms with van der Waals surface area (Å²) in [6, 6.07) is 19.5. The first-order valence-corrected chi connectivity index (χ1v) is 12.3. The van der Waals surface area contributed by atoms with E-state index in [4.69, 9.17) is 0 Å². The molecule has 3 aromatic rings. The molecule has 3 rings (SSSR count). The molecule has 1 amide bonds. The van der Waals surface area contributed by atoms with Crippen molar-refractivity contribution in [2.75, 3.05) is 21.1 Å². The molecule has 0 aliphatic heterocycles. The summed E-state index contributed by atoms with van der Waals surface area (Å²) in [6.07, 6.45) is 0. The number of hydrogen-bond acceptors (Lipinski definition) is 4. The second kappa shape index (κ2) is 10.3. The number of benzene rings is 3. The van der Waals surface area contributed by atoms with Crippen molar-refractivity contribution in [3.63, 3.8) is 0 Å². The fraction of sp³-hybridized carbons (Fsp3) is 0.269. The van der Waals surface area contributed by atoms with Crippen molar-refractivity contribution in [3.05, 3.63) is 88.5 Å². The zero-order valence-corrected chi connectivity index (χ0v) is 20.6. The van der Waals surface area contributed by atoms with E-state index < -0.39 is 10.0 Å². The predicted molar refractivity (Wildman–Crippen MR) is 133 cm³/mol. The van der Waals surface area contributed by atoms with Crippen molar-refractivity contribution >= 4 is 15.9 Å². The maximum Gasteiger partial charge on any atom is 0.251 e. The number of carbonyl (C=O) groups is 1. The molecule has 174 valence electrons. The molecular weight excluding hydrogens is 434 g/mol. The van der Waals surface area contributed by atoms with E-state index in [9.17, 15) is 13.2 Å². The number of aryl methyl sites for hydroxylation is 1. The van der Waals surface area contributed by atoms with Crippen molar-refractivity contribution in [2.24, 2.45) is 0 Å². The van der Waals surface area contributed by atoms with Crippen LogP contribution in [0.15, 0.2) is 65.6 Å². The predicted octanol–water partition coefficient (Wildman–Crippen LogP) is 3.87. The van der Waals surface area contributed by atoms with Gasteiger partial charge in [-0.25, -0.2) is 13.1 Å². The first kappa shape index (κ1) is 24.6. The van der Waals surface area contributed by atoms with Crippen LogP contribution in [0.5, 0.6) is 0 Å². The van der Waals surface area contributed by atoms with Crippen LogP contribution in [0, 0.1) is 13.8 Å². The van der Waals surface area contributed by atoms with Crippen molar-refractivity contribution in [2.45, 2.75) is 31.8 Å². The van der Waals surface area contributed by atoms with Gasteiger partial charge in [-0.15, -0.1) is 0 Å². The van der Waals surface area contributed by atoms with Crippen LogP contribution in [0.1, 0.15) is 32.6 Å². The standard InChI is InChI=1S/C26H31N3O3S/c1-18-14-23(15-25(19(18)2)33(31,32)27-3)26(30)28-16-22-8-6-7-9-24(22)21-12-10-20(11-13-21)17-29(4)5/h6-15,27H,16-17H2,1-5H3,(H,28,30). The monoisotopic (exact) mass is 465 g/mol. The molecule has 0 saturated heterocycles. The fourth-order valence-corrected chi connectivity index (χ4v) is 4.80. The number of amides is 1. The minimum absolute atomic E-state index is 0.119. The van der Waals surface area contributed by atoms with Gasteiger partial charge in [0.15, 0.2) is 0 Å². The van der Waals surface area contributed by atoms with Crippen LogP contribution in [0.3, 0.4) is 0 Å². The Bertz CT molecular complexity index is 1250. The Morgan fingerprint density at radius 3 is 2.27 bits per heavy atom. The van der Waals surface area contributed by atoms with Crippen LogP contribution >= 0.6 is 0 Å². The molecule has 0 heterocycles. The third kappa shape index (κ3) is 5.87. The van der Waals surface area contributed by atoms with E-state index in [1.165, 1.54) is 18.7 Å². The Kier molecular flexibility index (Phi) is 7.68. The molecule has 33 heavy (non-hydrogen) atoms. The quantitative estimate of drug-likeness (QED) is 0.529. The molecule has 0 radical (unpaired) electrons. The second-order valence-electron chi connectivity index (χ2n) is 8.40. The Hall–Kier alpha value is -3.00. The highest BCUT2D eigenvalue weighted by Crippen LogP contribution is 2.25. The summed E-state index contributed by atoms with van der Waals surface area (Å²) < 4.78 is 27.1. The summed E-state index contributed by atoms with van der Waals surface area (Å²) in [5.41, 5.74) is 6.04. The molecule has 3 aromatic carbocycles. The minimum Gasteiger partial charge on any atom is -0.348 e. The third-order valence-electron chi connectivity index (χ3n) is 5.66. The molecule has 0 aliphatic rings. The van der Waals surface area contributed by atoms with E-state index in [-0.39, 0.29) is 10.8 Å². The van der Waals surface area contributed by atoms with Crippen molar-refractivity contribution < 1.29 is 13.2 Å². The van der Waals surface area contributed by atoms with E-state index in [1.807, 2.05) is 38.4 Å². The van der Waals surface area contributed by atoms with E-state index in [0.717, 1.165) is 28.8 Å². The van der Waals surface area contributed by atoms with Crippen molar-refractivity contribution in [1.82, 2.24) is 14.9 Å². The summed E-state index contributed by atoms with van der Waals surface area (Å²) in [6.45, 7) is 4.74. The minimum atomic E-state index is -3.66. The maximum atomic E-state index is 12.9. The summed E-state index contributed by atoms with van der Waals surface area (Å²) in [7, 11) is 1.78. The van der Waals surface area contributed by atoms with Crippen molar-refractivity contribution in [3.8, 4) is 11.1 Å². The molecule has 0 aliphatic carbocycles. The average molecular weight is 466 g/mol. The molecule has 0 saturated carbocycles. The Balaban J connectivity index is 1.82. The topological polar surface area (TPSA) is 78.5 Å². The first-order valence-electron chi connectivity index (χ1n) is 10.8. The summed E-state index contributed by atoms with van der Waals surface area (Å²) in [5.74, 6) is -0.318. The third-order valence-corrected chi connectivity index (χ3v) is 7.20. The molecule has 0 spiro atoms. The zero-order valence-electron chi connectivity index (χ0n) is 19.8. The van der Waals surface area contributed by atoms with Crippen LogP contribution < -0.4 is 10.0 Å². The summed E-state index contributed by atoms with van der Waals surface area (Å²) >= 11 is 0. The lowest BCUT2D eigenvalue weighted by Gasteiger charge is -2.14. The SMILES string of the molecule is CNS(=O)(=O)c1cc(C(=O)NCc2ccccc2-c2ccc(CN(C)C)cc2)cc(C)c1C. The largest absolute Gasteiger partial charge is 0.348 e. The number of hydrogen-bond donors (Lipinski definition) is 2. The van der Waals surface area contributed by atoms with E-state index in [0.29, 0.717) is 17.7 Å². The molecule has 0 unspecified atom stereocenters. The van der Waals surface area contributed by atoms with Gasteiger partial charge in [-0.1, -0.05) is 48.5 Å². The molecule has 6 nitrogen and oxygen atoms in total. The van der Waals surface area contributed by atoms with Gasteiger partial charge >= 0.3 is 0 Å². The maximum absolute atomic E-state index is 12.9. The molecule has 2 N–H and O–H groups in total. The lowest BCUT2D eigenvalue weighted by molar-refractivity contribution is 0.0950. The van der Waals surface area contributed by atoms with Crippen LogP contribution in [-0.2, 0) is 23.1 Å². The molecule has 0 atom stereocenters. The van der Waals surface area contributed by atoms with Crippen LogP contribution in [0.4, 0.5) is 0 Å². The fourth-order valence-electron chi connectivity index (χ4n) is 3.74. The van der Waals surface area contributed by atoms with Gasteiger partial charge < -0.3 is 10.2 Å². The Labute approximate surface area is 196 Å². The van der Waals surface area contributed by atoms with Gasteiger partial charge in [0.05, 0.1) is 4.90 Å². The highest BCUT2D eigenvalue weighted by atomic mass is 32.2. The van der Waals surface area contributed by atoms with Crippen LogP contribution in [0.25, 0.3) is 11.1 Å². The van der Waals surface area contributed by atoms with E-state index in [2.05, 4.69) is 39.2 Å². The van der Waals surface area contributed by atoms with Gasteiger partial charge in [-0.2, -0.15) is 0 Å². The highest BCUT2D eigenvalue weighted by molar-refractivity contribution is 7.89. The Morgan fingerprint density at radius 1 is 0.970 bits per heavy atom. The van der Waals surface area contributed by atoms with E-state index >= 15 is 0 Å². The Morgan fingerprint density at radius 2 is 1.64 bits per heavy atom. The summed E-state index contributed by atoms with van der Waals surface area (Å²) in [5, 5.41) is 2.95. The number of rotatable bonds is 8. The van der Waals surface area contributed by atoms with Gasteiger partial charge in [0, 0.05) is 18.7 Å². The van der Waals surface area contributed by atoms with Crippen molar-refractivity contribution in [1.29, 1.82) is 0 Å². The number of nitrogens with one attached hydrogen (secondary N) is 2. The van der Waals surface area contributed by atoms with Crippen LogP contribution in [0.2, 0.25) is 0 Å². The zero-order chi connectivity index (χ0) is 24.2. The molecular formula is C26H31N3O3S. The van der Waals surface area contributed by atoms with Gasteiger partial charge in [0.2, 0.25) is 10.0 Å². The molecule has 0 aromatic heterocycles. The number of carbonyl (C=O) groups excluding carboxylic acids is 1. The number of sulfonamides is 1.